The fourth-order valence-electron chi connectivity index (χ4n) is 1.39. The monoisotopic (exact) mass is 272 g/mol. The van der Waals surface area contributed by atoms with Crippen LogP contribution in [0, 0.1) is 11.3 Å². The highest BCUT2D eigenvalue weighted by molar-refractivity contribution is 5.96. The first-order valence-corrected chi connectivity index (χ1v) is 6.25. The van der Waals surface area contributed by atoms with Gasteiger partial charge in [0.2, 0.25) is 0 Å². The van der Waals surface area contributed by atoms with E-state index in [1.54, 1.807) is 30.3 Å². The van der Waals surface area contributed by atoms with Gasteiger partial charge in [-0.05, 0) is 31.5 Å². The minimum absolute atomic E-state index is 0.443. The van der Waals surface area contributed by atoms with Crippen LogP contribution in [0.5, 0.6) is 0 Å². The van der Waals surface area contributed by atoms with Crippen LogP contribution in [0.15, 0.2) is 36.4 Å². The van der Waals surface area contributed by atoms with Gasteiger partial charge in [0.15, 0.2) is 6.10 Å². The molecule has 0 heterocycles. The summed E-state index contributed by atoms with van der Waals surface area (Å²) >= 11 is 0. The van der Waals surface area contributed by atoms with Gasteiger partial charge in [-0.1, -0.05) is 19.1 Å². The van der Waals surface area contributed by atoms with Crippen LogP contribution in [0.2, 0.25) is 0 Å². The average Bonchev–Trinajstić information content (AvgIpc) is 2.45. The first-order chi connectivity index (χ1) is 9.56. The van der Waals surface area contributed by atoms with E-state index < -0.39 is 18.0 Å². The Hall–Kier alpha value is -2.61. The van der Waals surface area contributed by atoms with Crippen molar-refractivity contribution in [2.75, 3.05) is 5.32 Å². The molecule has 0 saturated heterocycles. The Labute approximate surface area is 117 Å². The van der Waals surface area contributed by atoms with Crippen LogP contribution in [0.25, 0.3) is 0 Å². The molecular formula is C15H16N2O3. The second-order valence-electron chi connectivity index (χ2n) is 4.07. The Balaban J connectivity index is 2.59. The molecule has 5 heteroatoms. The zero-order valence-corrected chi connectivity index (χ0v) is 11.4. The maximum atomic E-state index is 11.8. The van der Waals surface area contributed by atoms with Crippen molar-refractivity contribution in [3.05, 3.63) is 42.0 Å². The Bertz CT molecular complexity index is 558. The van der Waals surface area contributed by atoms with Gasteiger partial charge in [-0.25, -0.2) is 4.79 Å². The van der Waals surface area contributed by atoms with E-state index in [1.165, 1.54) is 13.0 Å². The molecule has 1 N–H and O–H groups in total. The molecule has 1 aromatic carbocycles. The van der Waals surface area contributed by atoms with Crippen LogP contribution < -0.4 is 5.32 Å². The molecule has 1 aromatic rings. The average molecular weight is 272 g/mol. The molecule has 0 aliphatic carbocycles. The largest absolute Gasteiger partial charge is 0.449 e. The van der Waals surface area contributed by atoms with E-state index in [1.807, 2.05) is 13.0 Å². The van der Waals surface area contributed by atoms with Crippen molar-refractivity contribution in [1.82, 2.24) is 0 Å². The summed E-state index contributed by atoms with van der Waals surface area (Å²) in [5.41, 5.74) is 0.930. The molecule has 0 saturated carbocycles. The molecule has 0 bridgehead atoms. The van der Waals surface area contributed by atoms with E-state index in [9.17, 15) is 9.59 Å². The van der Waals surface area contributed by atoms with E-state index >= 15 is 0 Å². The van der Waals surface area contributed by atoms with Crippen molar-refractivity contribution in [2.45, 2.75) is 26.4 Å². The highest BCUT2D eigenvalue weighted by Crippen LogP contribution is 2.10. The highest BCUT2D eigenvalue weighted by Gasteiger charge is 2.16. The first-order valence-electron chi connectivity index (χ1n) is 6.25. The molecule has 1 amide bonds. The summed E-state index contributed by atoms with van der Waals surface area (Å²) in [6.07, 6.45) is 2.76. The van der Waals surface area contributed by atoms with Crippen molar-refractivity contribution in [3.63, 3.8) is 0 Å². The molecule has 20 heavy (non-hydrogen) atoms. The number of hydrogen-bond donors (Lipinski definition) is 1. The lowest BCUT2D eigenvalue weighted by molar-refractivity contribution is -0.148. The topological polar surface area (TPSA) is 79.2 Å². The van der Waals surface area contributed by atoms with Crippen molar-refractivity contribution < 1.29 is 14.3 Å². The predicted molar refractivity (Wildman–Crippen MR) is 74.8 cm³/mol. The fourth-order valence-corrected chi connectivity index (χ4v) is 1.39. The van der Waals surface area contributed by atoms with Crippen LogP contribution in [0.3, 0.4) is 0 Å². The number of allylic oxidation sites excluding steroid dienone is 1. The van der Waals surface area contributed by atoms with Gasteiger partial charge in [-0.15, -0.1) is 0 Å². The number of hydrogen-bond acceptors (Lipinski definition) is 4. The van der Waals surface area contributed by atoms with Crippen molar-refractivity contribution >= 4 is 17.6 Å². The number of anilines is 1. The molecule has 0 radical (unpaired) electrons. The molecule has 1 rings (SSSR count). The van der Waals surface area contributed by atoms with Gasteiger partial charge in [0, 0.05) is 11.8 Å². The van der Waals surface area contributed by atoms with Crippen molar-refractivity contribution in [3.8, 4) is 6.07 Å². The van der Waals surface area contributed by atoms with Crippen LogP contribution >= 0.6 is 0 Å². The molecule has 0 fully saturated rings. The highest BCUT2D eigenvalue weighted by atomic mass is 16.5. The van der Waals surface area contributed by atoms with E-state index in [0.717, 1.165) is 6.42 Å². The summed E-state index contributed by atoms with van der Waals surface area (Å²) < 4.78 is 4.94. The van der Waals surface area contributed by atoms with E-state index in [0.29, 0.717) is 11.3 Å². The Morgan fingerprint density at radius 2 is 2.25 bits per heavy atom. The number of carbonyl (C=O) groups excluding carboxylic acids is 2. The number of nitriles is 1. The number of rotatable bonds is 5. The lowest BCUT2D eigenvalue weighted by atomic mass is 10.2. The molecule has 0 spiro atoms. The standard InChI is InChI=1S/C15H16N2O3/c1-3-4-8-14(18)20-11(2)15(19)17-13-7-5-6-12(9-13)10-16/h4-9,11H,3H2,1-2H3,(H,17,19)/b8-4+/t11-/m0/s1. The summed E-state index contributed by atoms with van der Waals surface area (Å²) in [6.45, 7) is 3.38. The zero-order chi connectivity index (χ0) is 15.0. The number of nitrogens with zero attached hydrogens (tertiary/aromatic N) is 1. The molecule has 0 aliphatic rings. The molecule has 0 aromatic heterocycles. The van der Waals surface area contributed by atoms with Gasteiger partial charge in [0.25, 0.3) is 5.91 Å². The number of ether oxygens (including phenoxy) is 1. The number of esters is 1. The second kappa shape index (κ2) is 7.74. The summed E-state index contributed by atoms with van der Waals surface area (Å²) in [7, 11) is 0. The van der Waals surface area contributed by atoms with Crippen LogP contribution in [0.4, 0.5) is 5.69 Å². The number of nitrogens with one attached hydrogen (secondary N) is 1. The van der Waals surface area contributed by atoms with Gasteiger partial charge >= 0.3 is 5.97 Å². The molecule has 104 valence electrons. The van der Waals surface area contributed by atoms with Gasteiger partial charge in [-0.3, -0.25) is 4.79 Å². The van der Waals surface area contributed by atoms with Gasteiger partial charge < -0.3 is 10.1 Å². The normalized spacial score (nSPS) is 11.7. The number of amides is 1. The smallest absolute Gasteiger partial charge is 0.331 e. The van der Waals surface area contributed by atoms with Gasteiger partial charge in [-0.2, -0.15) is 5.26 Å². The van der Waals surface area contributed by atoms with E-state index in [4.69, 9.17) is 10.00 Å². The van der Waals surface area contributed by atoms with Crippen molar-refractivity contribution in [2.24, 2.45) is 0 Å². The Morgan fingerprint density at radius 3 is 2.90 bits per heavy atom. The SMILES string of the molecule is CC/C=C/C(=O)O[C@@H](C)C(=O)Nc1cccc(C#N)c1. The Kier molecular flexibility index (Phi) is 5.98. The quantitative estimate of drug-likeness (QED) is 0.659. The molecule has 1 atom stereocenters. The van der Waals surface area contributed by atoms with E-state index in [-0.39, 0.29) is 0 Å². The van der Waals surface area contributed by atoms with Gasteiger partial charge in [0.1, 0.15) is 0 Å². The molecule has 0 aliphatic heterocycles. The van der Waals surface area contributed by atoms with Crippen LogP contribution in [-0.4, -0.2) is 18.0 Å². The lowest BCUT2D eigenvalue weighted by Crippen LogP contribution is -2.29. The number of benzene rings is 1. The van der Waals surface area contributed by atoms with Crippen LogP contribution in [-0.2, 0) is 14.3 Å². The molecular weight excluding hydrogens is 256 g/mol. The van der Waals surface area contributed by atoms with E-state index in [2.05, 4.69) is 5.32 Å². The zero-order valence-electron chi connectivity index (χ0n) is 11.4. The summed E-state index contributed by atoms with van der Waals surface area (Å²) in [4.78, 5) is 23.2. The maximum Gasteiger partial charge on any atom is 0.331 e. The third-order valence-corrected chi connectivity index (χ3v) is 2.41. The molecule has 0 unspecified atom stereocenters. The van der Waals surface area contributed by atoms with Gasteiger partial charge in [0.05, 0.1) is 11.6 Å². The lowest BCUT2D eigenvalue weighted by Gasteiger charge is -2.12. The third-order valence-electron chi connectivity index (χ3n) is 2.41. The summed E-state index contributed by atoms with van der Waals surface area (Å²) in [5.74, 6) is -1.00. The maximum absolute atomic E-state index is 11.8. The minimum atomic E-state index is -0.908. The Morgan fingerprint density at radius 1 is 1.50 bits per heavy atom. The summed E-state index contributed by atoms with van der Waals surface area (Å²) in [5, 5.41) is 11.4. The van der Waals surface area contributed by atoms with Crippen LogP contribution in [0.1, 0.15) is 25.8 Å². The predicted octanol–water partition coefficient (Wildman–Crippen LogP) is 2.39. The number of carbonyl (C=O) groups is 2. The third kappa shape index (κ3) is 4.94. The fraction of sp³-hybridized carbons (Fsp3) is 0.267. The molecule has 5 nitrogen and oxygen atoms in total. The second-order valence-corrected chi connectivity index (χ2v) is 4.07. The first kappa shape index (κ1) is 15.4. The van der Waals surface area contributed by atoms with Crippen molar-refractivity contribution in [1.29, 1.82) is 5.26 Å². The minimum Gasteiger partial charge on any atom is -0.449 e. The summed E-state index contributed by atoms with van der Waals surface area (Å²) in [6, 6.07) is 8.48.